The zero-order valence-electron chi connectivity index (χ0n) is 12.3. The highest BCUT2D eigenvalue weighted by Crippen LogP contribution is 2.56. The molecule has 0 spiro atoms. The average molecular weight is 283 g/mol. The Morgan fingerprint density at radius 2 is 2.00 bits per heavy atom. The van der Waals surface area contributed by atoms with Gasteiger partial charge in [-0.1, -0.05) is 0 Å². The molecule has 0 heterocycles. The lowest BCUT2D eigenvalue weighted by molar-refractivity contribution is -0.146. The number of amides is 1. The number of ketones is 1. The van der Waals surface area contributed by atoms with Crippen LogP contribution in [0, 0.1) is 17.8 Å². The van der Waals surface area contributed by atoms with E-state index in [1.807, 2.05) is 0 Å². The van der Waals surface area contributed by atoms with Crippen molar-refractivity contribution in [2.75, 3.05) is 6.61 Å². The van der Waals surface area contributed by atoms with E-state index >= 15 is 0 Å². The molecule has 0 aromatic heterocycles. The van der Waals surface area contributed by atoms with Gasteiger partial charge >= 0.3 is 12.1 Å². The molecule has 0 bridgehead atoms. The second kappa shape index (κ2) is 5.07. The summed E-state index contributed by atoms with van der Waals surface area (Å²) in [6, 6.07) is -0.322. The van der Waals surface area contributed by atoms with Crippen LogP contribution in [0.5, 0.6) is 0 Å². The first-order chi connectivity index (χ1) is 9.24. The normalized spacial score (nSPS) is 31.5. The Bertz CT molecular complexity index is 439. The fourth-order valence-corrected chi connectivity index (χ4v) is 2.89. The van der Waals surface area contributed by atoms with Crippen molar-refractivity contribution in [2.45, 2.75) is 45.8 Å². The van der Waals surface area contributed by atoms with Crippen LogP contribution in [0.15, 0.2) is 0 Å². The third kappa shape index (κ3) is 2.94. The molecule has 4 atom stereocenters. The molecule has 6 heteroatoms. The molecule has 0 aliphatic heterocycles. The van der Waals surface area contributed by atoms with Crippen molar-refractivity contribution in [3.63, 3.8) is 0 Å². The monoisotopic (exact) mass is 283 g/mol. The minimum Gasteiger partial charge on any atom is -0.466 e. The van der Waals surface area contributed by atoms with Crippen molar-refractivity contribution in [1.82, 2.24) is 5.32 Å². The minimum atomic E-state index is -0.587. The van der Waals surface area contributed by atoms with Crippen molar-refractivity contribution in [2.24, 2.45) is 17.8 Å². The van der Waals surface area contributed by atoms with E-state index in [9.17, 15) is 14.4 Å². The highest BCUT2D eigenvalue weighted by molar-refractivity contribution is 5.96. The van der Waals surface area contributed by atoms with Crippen molar-refractivity contribution in [3.8, 4) is 0 Å². The molecule has 0 aromatic carbocycles. The largest absolute Gasteiger partial charge is 0.466 e. The maximum atomic E-state index is 11.8. The fraction of sp³-hybridized carbons (Fsp3) is 0.786. The summed E-state index contributed by atoms with van der Waals surface area (Å²) in [6.07, 6.45) is -0.282. The van der Waals surface area contributed by atoms with Crippen LogP contribution in [0.1, 0.15) is 34.1 Å². The maximum absolute atomic E-state index is 11.8. The molecule has 0 aromatic rings. The van der Waals surface area contributed by atoms with Gasteiger partial charge < -0.3 is 14.8 Å². The quantitative estimate of drug-likeness (QED) is 0.789. The predicted octanol–water partition coefficient (Wildman–Crippen LogP) is 1.28. The van der Waals surface area contributed by atoms with Gasteiger partial charge in [-0.25, -0.2) is 4.79 Å². The average Bonchev–Trinajstić information content (AvgIpc) is 2.93. The van der Waals surface area contributed by atoms with Crippen molar-refractivity contribution in [1.29, 1.82) is 0 Å². The number of alkyl carbamates (subject to hydrolysis) is 1. The molecule has 1 amide bonds. The second-order valence-corrected chi connectivity index (χ2v) is 6.30. The Balaban J connectivity index is 1.93. The first kappa shape index (κ1) is 14.8. The van der Waals surface area contributed by atoms with E-state index in [2.05, 4.69) is 5.32 Å². The molecular weight excluding hydrogens is 262 g/mol. The summed E-state index contributed by atoms with van der Waals surface area (Å²) in [4.78, 5) is 35.2. The van der Waals surface area contributed by atoms with Crippen LogP contribution >= 0.6 is 0 Å². The lowest BCUT2D eigenvalue weighted by atomic mass is 10.1. The Kier molecular flexibility index (Phi) is 3.75. The number of hydrogen-bond donors (Lipinski definition) is 1. The first-order valence-corrected chi connectivity index (χ1v) is 6.93. The molecule has 6 nitrogen and oxygen atoms in total. The maximum Gasteiger partial charge on any atom is 0.407 e. The highest BCUT2D eigenvalue weighted by atomic mass is 16.6. The van der Waals surface area contributed by atoms with Crippen molar-refractivity contribution < 1.29 is 23.9 Å². The van der Waals surface area contributed by atoms with E-state index in [0.717, 1.165) is 0 Å². The van der Waals surface area contributed by atoms with Crippen LogP contribution < -0.4 is 5.32 Å². The molecule has 112 valence electrons. The van der Waals surface area contributed by atoms with Gasteiger partial charge in [0.25, 0.3) is 0 Å². The molecule has 2 aliphatic carbocycles. The topological polar surface area (TPSA) is 81.7 Å². The third-order valence-electron chi connectivity index (χ3n) is 3.59. The van der Waals surface area contributed by atoms with Crippen LogP contribution in [0.3, 0.4) is 0 Å². The molecule has 0 radical (unpaired) electrons. The smallest absolute Gasteiger partial charge is 0.407 e. The van der Waals surface area contributed by atoms with Gasteiger partial charge in [-0.3, -0.25) is 9.59 Å². The fourth-order valence-electron chi connectivity index (χ4n) is 2.89. The Hall–Kier alpha value is -1.59. The summed E-state index contributed by atoms with van der Waals surface area (Å²) in [6.45, 7) is 7.34. The van der Waals surface area contributed by atoms with Gasteiger partial charge in [0.05, 0.1) is 12.5 Å². The molecule has 2 fully saturated rings. The van der Waals surface area contributed by atoms with Crippen LogP contribution in [0.4, 0.5) is 4.79 Å². The summed E-state index contributed by atoms with van der Waals surface area (Å²) >= 11 is 0. The predicted molar refractivity (Wildman–Crippen MR) is 69.9 cm³/mol. The molecular formula is C14H21NO5. The van der Waals surface area contributed by atoms with E-state index < -0.39 is 17.6 Å². The van der Waals surface area contributed by atoms with Gasteiger partial charge in [-0.15, -0.1) is 0 Å². The van der Waals surface area contributed by atoms with Gasteiger partial charge in [0.15, 0.2) is 0 Å². The van der Waals surface area contributed by atoms with E-state index in [-0.39, 0.29) is 36.1 Å². The number of carbonyl (C=O) groups is 3. The number of hydrogen-bond acceptors (Lipinski definition) is 5. The summed E-state index contributed by atoms with van der Waals surface area (Å²) in [5.41, 5.74) is -0.587. The Labute approximate surface area is 118 Å². The molecule has 0 unspecified atom stereocenters. The second-order valence-electron chi connectivity index (χ2n) is 6.30. The number of nitrogens with one attached hydrogen (secondary N) is 1. The third-order valence-corrected chi connectivity index (χ3v) is 3.59. The standard InChI is InChI=1S/C14H21NO5/c1-5-19-12(17)11-9-7(6-8(16)10(9)11)15-13(18)20-14(2,3)4/h7,9-11H,5-6H2,1-4H3,(H,15,18)/t7-,9+,10-,11-/m0/s1. The Morgan fingerprint density at radius 1 is 1.35 bits per heavy atom. The van der Waals surface area contributed by atoms with E-state index in [0.29, 0.717) is 6.61 Å². The zero-order valence-corrected chi connectivity index (χ0v) is 12.3. The number of fused-ring (bicyclic) bond motifs is 1. The Morgan fingerprint density at radius 3 is 2.55 bits per heavy atom. The van der Waals surface area contributed by atoms with Crippen LogP contribution in [-0.4, -0.2) is 36.1 Å². The SMILES string of the molecule is CCOC(=O)[C@@H]1[C@H]2C(=O)C[C@H](NC(=O)OC(C)(C)C)[C@H]21. The van der Waals surface area contributed by atoms with Gasteiger partial charge in [0, 0.05) is 24.3 Å². The summed E-state index contributed by atoms with van der Waals surface area (Å²) in [7, 11) is 0. The molecule has 2 saturated carbocycles. The molecule has 2 aliphatic rings. The summed E-state index contributed by atoms with van der Waals surface area (Å²) in [5, 5.41) is 2.69. The number of Topliss-reactive ketones (excluding diaryl/α,β-unsaturated/α-hetero) is 1. The van der Waals surface area contributed by atoms with Gasteiger partial charge in [-0.2, -0.15) is 0 Å². The molecule has 0 saturated heterocycles. The number of ether oxygens (including phenoxy) is 2. The van der Waals surface area contributed by atoms with Crippen LogP contribution in [-0.2, 0) is 19.1 Å². The van der Waals surface area contributed by atoms with Crippen molar-refractivity contribution in [3.05, 3.63) is 0 Å². The molecule has 20 heavy (non-hydrogen) atoms. The minimum absolute atomic E-state index is 0.0223. The lowest BCUT2D eigenvalue weighted by Gasteiger charge is -2.22. The lowest BCUT2D eigenvalue weighted by Crippen LogP contribution is -2.40. The number of rotatable bonds is 3. The first-order valence-electron chi connectivity index (χ1n) is 6.93. The van der Waals surface area contributed by atoms with Gasteiger partial charge in [0.2, 0.25) is 0 Å². The molecule has 1 N–H and O–H groups in total. The van der Waals surface area contributed by atoms with Crippen LogP contribution in [0.2, 0.25) is 0 Å². The summed E-state index contributed by atoms with van der Waals surface area (Å²) in [5.74, 6) is -1.13. The highest BCUT2D eigenvalue weighted by Gasteiger charge is 2.67. The molecule has 2 rings (SSSR count). The summed E-state index contributed by atoms with van der Waals surface area (Å²) < 4.78 is 10.1. The number of carbonyl (C=O) groups excluding carboxylic acids is 3. The van der Waals surface area contributed by atoms with Gasteiger partial charge in [-0.05, 0) is 27.7 Å². The van der Waals surface area contributed by atoms with Gasteiger partial charge in [0.1, 0.15) is 11.4 Å². The van der Waals surface area contributed by atoms with E-state index in [1.54, 1.807) is 27.7 Å². The van der Waals surface area contributed by atoms with Crippen LogP contribution in [0.25, 0.3) is 0 Å². The number of esters is 1. The van der Waals surface area contributed by atoms with E-state index in [1.165, 1.54) is 0 Å². The van der Waals surface area contributed by atoms with E-state index in [4.69, 9.17) is 9.47 Å². The van der Waals surface area contributed by atoms with Crippen molar-refractivity contribution >= 4 is 17.8 Å². The zero-order chi connectivity index (χ0) is 15.1.